The number of halogens is 1. The van der Waals surface area contributed by atoms with Gasteiger partial charge in [0.25, 0.3) is 5.91 Å². The molecule has 0 bridgehead atoms. The summed E-state index contributed by atoms with van der Waals surface area (Å²) in [4.78, 5) is 27.9. The van der Waals surface area contributed by atoms with Crippen LogP contribution in [0.4, 0.5) is 10.5 Å². The molecule has 2 unspecified atom stereocenters. The lowest BCUT2D eigenvalue weighted by atomic mass is 10.1. The van der Waals surface area contributed by atoms with Crippen molar-refractivity contribution >= 4 is 30.0 Å². The van der Waals surface area contributed by atoms with Crippen LogP contribution in [0.2, 0.25) is 0 Å². The molecule has 6 nitrogen and oxygen atoms in total. The van der Waals surface area contributed by atoms with Gasteiger partial charge in [0.05, 0.1) is 0 Å². The first-order valence-electron chi connectivity index (χ1n) is 7.77. The molecule has 2 fully saturated rings. The first-order valence-corrected chi connectivity index (χ1v) is 7.77. The Morgan fingerprint density at radius 3 is 2.43 bits per heavy atom. The minimum Gasteiger partial charge on any atom is -0.336 e. The summed E-state index contributed by atoms with van der Waals surface area (Å²) in [5.74, 6) is 0.0540. The topological polar surface area (TPSA) is 64.7 Å². The molecule has 0 radical (unpaired) electrons. The van der Waals surface area contributed by atoms with Gasteiger partial charge in [-0.1, -0.05) is 0 Å². The lowest BCUT2D eigenvalue weighted by molar-refractivity contribution is 0.0603. The zero-order valence-electron chi connectivity index (χ0n) is 13.4. The monoisotopic (exact) mass is 338 g/mol. The van der Waals surface area contributed by atoms with Crippen molar-refractivity contribution in [2.75, 3.05) is 31.1 Å². The Bertz CT molecular complexity index is 578. The fraction of sp³-hybridized carbons (Fsp3) is 0.500. The van der Waals surface area contributed by atoms with Crippen molar-refractivity contribution in [2.24, 2.45) is 0 Å². The van der Waals surface area contributed by atoms with Crippen molar-refractivity contribution in [3.05, 3.63) is 29.8 Å². The van der Waals surface area contributed by atoms with E-state index in [2.05, 4.69) is 24.5 Å². The molecule has 0 spiro atoms. The number of piperazine rings is 1. The van der Waals surface area contributed by atoms with Crippen LogP contribution in [0.15, 0.2) is 24.3 Å². The second kappa shape index (κ2) is 7.19. The van der Waals surface area contributed by atoms with E-state index in [9.17, 15) is 9.59 Å². The highest BCUT2D eigenvalue weighted by Crippen LogP contribution is 2.19. The summed E-state index contributed by atoms with van der Waals surface area (Å²) in [5, 5.41) is 6.15. The number of benzene rings is 1. The van der Waals surface area contributed by atoms with Gasteiger partial charge in [-0.25, -0.2) is 4.79 Å². The Labute approximate surface area is 142 Å². The van der Waals surface area contributed by atoms with Gasteiger partial charge >= 0.3 is 6.03 Å². The van der Waals surface area contributed by atoms with E-state index in [-0.39, 0.29) is 30.4 Å². The maximum Gasteiger partial charge on any atom is 0.321 e. The van der Waals surface area contributed by atoms with Crippen LogP contribution < -0.4 is 15.5 Å². The standard InChI is InChI=1S/C16H22N4O2.ClH/c1-11-12(2)19(9-7-17-11)15(21)13-3-5-14(6-4-13)20-10-8-18-16(20)22;/h3-6,11-12,17H,7-10H2,1-2H3,(H,18,22);1H. The number of hydrogen-bond donors (Lipinski definition) is 2. The van der Waals surface area contributed by atoms with Gasteiger partial charge < -0.3 is 15.5 Å². The van der Waals surface area contributed by atoms with Gasteiger partial charge in [0.1, 0.15) is 0 Å². The number of carbonyl (C=O) groups is 2. The van der Waals surface area contributed by atoms with Crippen molar-refractivity contribution in [1.82, 2.24) is 15.5 Å². The van der Waals surface area contributed by atoms with Crippen LogP contribution in [0.25, 0.3) is 0 Å². The Morgan fingerprint density at radius 2 is 1.83 bits per heavy atom. The van der Waals surface area contributed by atoms with Crippen LogP contribution in [0.1, 0.15) is 24.2 Å². The van der Waals surface area contributed by atoms with Crippen molar-refractivity contribution in [3.63, 3.8) is 0 Å². The third-order valence-electron chi connectivity index (χ3n) is 4.58. The van der Waals surface area contributed by atoms with Gasteiger partial charge in [-0.3, -0.25) is 9.69 Å². The molecule has 2 heterocycles. The normalized spacial score (nSPS) is 24.2. The van der Waals surface area contributed by atoms with Crippen molar-refractivity contribution in [2.45, 2.75) is 25.9 Å². The van der Waals surface area contributed by atoms with Gasteiger partial charge in [-0.2, -0.15) is 0 Å². The molecule has 2 aliphatic heterocycles. The number of carbonyl (C=O) groups excluding carboxylic acids is 2. The van der Waals surface area contributed by atoms with Gasteiger partial charge in [-0.15, -0.1) is 12.4 Å². The molecule has 0 aliphatic carbocycles. The van der Waals surface area contributed by atoms with Gasteiger partial charge in [0.2, 0.25) is 0 Å². The SMILES string of the molecule is CC1NCCN(C(=O)c2ccc(N3CCNC3=O)cc2)C1C.Cl. The number of rotatable bonds is 2. The number of amides is 3. The summed E-state index contributed by atoms with van der Waals surface area (Å²) in [6, 6.07) is 7.69. The predicted molar refractivity (Wildman–Crippen MR) is 92.4 cm³/mol. The Balaban J connectivity index is 0.00000192. The first-order chi connectivity index (χ1) is 10.6. The van der Waals surface area contributed by atoms with E-state index in [0.29, 0.717) is 24.7 Å². The van der Waals surface area contributed by atoms with Crippen LogP contribution in [0.5, 0.6) is 0 Å². The molecule has 126 valence electrons. The molecule has 0 saturated carbocycles. The molecule has 3 rings (SSSR count). The number of hydrogen-bond acceptors (Lipinski definition) is 3. The van der Waals surface area contributed by atoms with E-state index in [4.69, 9.17) is 0 Å². The summed E-state index contributed by atoms with van der Waals surface area (Å²) in [7, 11) is 0. The zero-order chi connectivity index (χ0) is 15.7. The third-order valence-corrected chi connectivity index (χ3v) is 4.58. The molecule has 2 N–H and O–H groups in total. The van der Waals surface area contributed by atoms with Crippen molar-refractivity contribution in [1.29, 1.82) is 0 Å². The summed E-state index contributed by atoms with van der Waals surface area (Å²) in [6.45, 7) is 7.04. The van der Waals surface area contributed by atoms with Crippen LogP contribution in [-0.4, -0.2) is 55.1 Å². The van der Waals surface area contributed by atoms with E-state index in [1.807, 2.05) is 29.2 Å². The molecule has 7 heteroatoms. The number of nitrogens with one attached hydrogen (secondary N) is 2. The van der Waals surface area contributed by atoms with Gasteiger partial charge in [0.15, 0.2) is 0 Å². The summed E-state index contributed by atoms with van der Waals surface area (Å²) in [6.07, 6.45) is 0. The highest BCUT2D eigenvalue weighted by atomic mass is 35.5. The van der Waals surface area contributed by atoms with E-state index in [1.165, 1.54) is 0 Å². The Kier molecular flexibility index (Phi) is 5.49. The molecule has 0 aromatic heterocycles. The van der Waals surface area contributed by atoms with Crippen LogP contribution in [0.3, 0.4) is 0 Å². The van der Waals surface area contributed by atoms with E-state index in [0.717, 1.165) is 18.8 Å². The van der Waals surface area contributed by atoms with Crippen LogP contribution >= 0.6 is 12.4 Å². The molecule has 1 aromatic rings. The van der Waals surface area contributed by atoms with Crippen molar-refractivity contribution in [3.8, 4) is 0 Å². The van der Waals surface area contributed by atoms with Crippen LogP contribution in [-0.2, 0) is 0 Å². The Hall–Kier alpha value is -1.79. The molecule has 1 aromatic carbocycles. The first kappa shape index (κ1) is 17.6. The maximum atomic E-state index is 12.7. The second-order valence-corrected chi connectivity index (χ2v) is 5.91. The summed E-state index contributed by atoms with van der Waals surface area (Å²) < 4.78 is 0. The molecule has 3 amide bonds. The number of anilines is 1. The van der Waals surface area contributed by atoms with E-state index >= 15 is 0 Å². The maximum absolute atomic E-state index is 12.7. The molecule has 2 saturated heterocycles. The lowest BCUT2D eigenvalue weighted by Crippen LogP contribution is -2.57. The molecule has 23 heavy (non-hydrogen) atoms. The largest absolute Gasteiger partial charge is 0.336 e. The molecule has 2 atom stereocenters. The molecular formula is C16H23ClN4O2. The van der Waals surface area contributed by atoms with Gasteiger partial charge in [0, 0.05) is 49.5 Å². The minimum absolute atomic E-state index is 0. The average Bonchev–Trinajstić information content (AvgIpc) is 2.96. The lowest BCUT2D eigenvalue weighted by Gasteiger charge is -2.38. The fourth-order valence-corrected chi connectivity index (χ4v) is 3.01. The highest BCUT2D eigenvalue weighted by Gasteiger charge is 2.29. The molecular weight excluding hydrogens is 316 g/mol. The van der Waals surface area contributed by atoms with Crippen LogP contribution in [0, 0.1) is 0 Å². The van der Waals surface area contributed by atoms with Crippen molar-refractivity contribution < 1.29 is 9.59 Å². The van der Waals surface area contributed by atoms with Gasteiger partial charge in [-0.05, 0) is 38.1 Å². The highest BCUT2D eigenvalue weighted by molar-refractivity contribution is 5.97. The quantitative estimate of drug-likeness (QED) is 0.858. The Morgan fingerprint density at radius 1 is 1.13 bits per heavy atom. The fourth-order valence-electron chi connectivity index (χ4n) is 3.01. The smallest absolute Gasteiger partial charge is 0.321 e. The third kappa shape index (κ3) is 3.43. The average molecular weight is 339 g/mol. The summed E-state index contributed by atoms with van der Waals surface area (Å²) in [5.41, 5.74) is 1.50. The number of nitrogens with zero attached hydrogens (tertiary/aromatic N) is 2. The predicted octanol–water partition coefficient (Wildman–Crippen LogP) is 1.46. The summed E-state index contributed by atoms with van der Waals surface area (Å²) >= 11 is 0. The minimum atomic E-state index is -0.0800. The molecule has 2 aliphatic rings. The number of urea groups is 1. The van der Waals surface area contributed by atoms with E-state index < -0.39 is 0 Å². The zero-order valence-corrected chi connectivity index (χ0v) is 14.2. The second-order valence-electron chi connectivity index (χ2n) is 5.91. The van der Waals surface area contributed by atoms with E-state index in [1.54, 1.807) is 4.90 Å².